The Morgan fingerprint density at radius 2 is 1.20 bits per heavy atom. The molecule has 4 atom stereocenters. The van der Waals surface area contributed by atoms with Crippen molar-refractivity contribution >= 4 is 11.9 Å². The average molecular weight is 363 g/mol. The van der Waals surface area contributed by atoms with Crippen molar-refractivity contribution in [2.24, 2.45) is 0 Å². The van der Waals surface area contributed by atoms with E-state index >= 15 is 0 Å². The summed E-state index contributed by atoms with van der Waals surface area (Å²) in [4.78, 5) is 24.7. The number of hydrogen-bond donors (Lipinski definition) is 6. The second-order valence-electron chi connectivity index (χ2n) is 6.52. The highest BCUT2D eigenvalue weighted by molar-refractivity contribution is 5.67. The SMILES string of the molecule is CNC1C(O)C(N(C)CCC(=O)O)C(O)C(N(C)CCC(=O)O)C1O. The summed E-state index contributed by atoms with van der Waals surface area (Å²) in [6, 6.07) is -2.37. The Bertz CT molecular complexity index is 426. The number of carboxylic acid groups (broad SMARTS) is 2. The molecule has 10 nitrogen and oxygen atoms in total. The first-order chi connectivity index (χ1) is 11.6. The quantitative estimate of drug-likeness (QED) is 0.253. The van der Waals surface area contributed by atoms with Gasteiger partial charge in [-0.25, -0.2) is 0 Å². The fraction of sp³-hybridized carbons (Fsp3) is 0.867. The lowest BCUT2D eigenvalue weighted by Gasteiger charge is -2.51. The molecule has 0 radical (unpaired) electrons. The normalized spacial score (nSPS) is 33.0. The first-order valence-electron chi connectivity index (χ1n) is 8.17. The predicted octanol–water partition coefficient (Wildman–Crippen LogP) is -2.78. The summed E-state index contributed by atoms with van der Waals surface area (Å²) in [6.07, 6.45) is -3.75. The maximum atomic E-state index is 10.8. The van der Waals surface area contributed by atoms with Gasteiger partial charge in [-0.3, -0.25) is 19.4 Å². The zero-order valence-electron chi connectivity index (χ0n) is 14.7. The van der Waals surface area contributed by atoms with E-state index in [1.54, 1.807) is 30.9 Å². The Morgan fingerprint density at radius 3 is 1.48 bits per heavy atom. The van der Waals surface area contributed by atoms with E-state index in [9.17, 15) is 24.9 Å². The fourth-order valence-electron chi connectivity index (χ4n) is 3.46. The monoisotopic (exact) mass is 363 g/mol. The van der Waals surface area contributed by atoms with Crippen molar-refractivity contribution in [2.75, 3.05) is 34.2 Å². The highest BCUT2D eigenvalue weighted by atomic mass is 16.4. The molecule has 0 amide bonds. The van der Waals surface area contributed by atoms with Gasteiger partial charge in [0.1, 0.15) is 0 Å². The first-order valence-corrected chi connectivity index (χ1v) is 8.17. The maximum absolute atomic E-state index is 10.8. The second kappa shape index (κ2) is 9.41. The molecule has 146 valence electrons. The molecule has 1 saturated carbocycles. The molecule has 1 rings (SSSR count). The van der Waals surface area contributed by atoms with E-state index in [2.05, 4.69) is 5.32 Å². The molecule has 0 heterocycles. The van der Waals surface area contributed by atoms with Crippen LogP contribution in [0.3, 0.4) is 0 Å². The van der Waals surface area contributed by atoms with Crippen LogP contribution < -0.4 is 5.32 Å². The Kier molecular flexibility index (Phi) is 8.19. The van der Waals surface area contributed by atoms with Crippen LogP contribution in [0.1, 0.15) is 12.8 Å². The molecular formula is C15H29N3O7. The van der Waals surface area contributed by atoms with Gasteiger partial charge in [-0.05, 0) is 21.1 Å². The number of carboxylic acids is 2. The van der Waals surface area contributed by atoms with Crippen LogP contribution in [0.2, 0.25) is 0 Å². The second-order valence-corrected chi connectivity index (χ2v) is 6.52. The molecule has 1 aliphatic rings. The summed E-state index contributed by atoms with van der Waals surface area (Å²) >= 11 is 0. The van der Waals surface area contributed by atoms with Crippen LogP contribution in [0.15, 0.2) is 0 Å². The predicted molar refractivity (Wildman–Crippen MR) is 88.2 cm³/mol. The van der Waals surface area contributed by atoms with Gasteiger partial charge in [0.15, 0.2) is 0 Å². The molecule has 0 aromatic heterocycles. The van der Waals surface area contributed by atoms with Crippen LogP contribution >= 0.6 is 0 Å². The third-order valence-electron chi connectivity index (χ3n) is 4.84. The maximum Gasteiger partial charge on any atom is 0.304 e. The molecule has 0 bridgehead atoms. The van der Waals surface area contributed by atoms with Crippen molar-refractivity contribution < 1.29 is 35.1 Å². The number of hydrogen-bond acceptors (Lipinski definition) is 8. The Balaban J connectivity index is 2.99. The van der Waals surface area contributed by atoms with Gasteiger partial charge in [0.25, 0.3) is 0 Å². The van der Waals surface area contributed by atoms with Gasteiger partial charge in [0.2, 0.25) is 0 Å². The fourth-order valence-corrected chi connectivity index (χ4v) is 3.46. The van der Waals surface area contributed by atoms with Crippen molar-refractivity contribution in [1.82, 2.24) is 15.1 Å². The summed E-state index contributed by atoms with van der Waals surface area (Å²) in [6.45, 7) is 0.235. The van der Waals surface area contributed by atoms with Gasteiger partial charge in [-0.1, -0.05) is 0 Å². The molecule has 0 aliphatic heterocycles. The number of nitrogens with one attached hydrogen (secondary N) is 1. The minimum absolute atomic E-state index is 0.117. The van der Waals surface area contributed by atoms with Crippen molar-refractivity contribution in [2.45, 2.75) is 49.3 Å². The summed E-state index contributed by atoms with van der Waals surface area (Å²) < 4.78 is 0. The van der Waals surface area contributed by atoms with E-state index in [0.29, 0.717) is 0 Å². The van der Waals surface area contributed by atoms with Crippen LogP contribution in [0.4, 0.5) is 0 Å². The number of aliphatic hydroxyl groups excluding tert-OH is 3. The van der Waals surface area contributed by atoms with Crippen molar-refractivity contribution in [3.05, 3.63) is 0 Å². The lowest BCUT2D eigenvalue weighted by molar-refractivity contribution is -0.153. The van der Waals surface area contributed by atoms with Gasteiger partial charge >= 0.3 is 11.9 Å². The van der Waals surface area contributed by atoms with Gasteiger partial charge in [0, 0.05) is 13.1 Å². The molecule has 0 spiro atoms. The lowest BCUT2D eigenvalue weighted by Crippen LogP contribution is -2.73. The molecule has 1 aliphatic carbocycles. The topological polar surface area (TPSA) is 154 Å². The third kappa shape index (κ3) is 5.33. The third-order valence-corrected chi connectivity index (χ3v) is 4.84. The largest absolute Gasteiger partial charge is 0.481 e. The molecule has 6 N–H and O–H groups in total. The molecular weight excluding hydrogens is 334 g/mol. The number of rotatable bonds is 9. The van der Waals surface area contributed by atoms with Gasteiger partial charge in [0.05, 0.1) is 49.3 Å². The lowest BCUT2D eigenvalue weighted by atomic mass is 9.78. The molecule has 10 heteroatoms. The number of carbonyl (C=O) groups is 2. The molecule has 0 aromatic rings. The van der Waals surface area contributed by atoms with E-state index in [4.69, 9.17) is 10.2 Å². The van der Waals surface area contributed by atoms with Crippen LogP contribution in [-0.2, 0) is 9.59 Å². The minimum atomic E-state index is -1.19. The smallest absolute Gasteiger partial charge is 0.304 e. The Morgan fingerprint density at radius 1 is 0.840 bits per heavy atom. The minimum Gasteiger partial charge on any atom is -0.481 e. The van der Waals surface area contributed by atoms with Crippen LogP contribution in [-0.4, -0.2) is 118 Å². The highest BCUT2D eigenvalue weighted by Gasteiger charge is 2.51. The molecule has 4 unspecified atom stereocenters. The highest BCUT2D eigenvalue weighted by Crippen LogP contribution is 2.28. The zero-order chi connectivity index (χ0) is 19.3. The zero-order valence-corrected chi connectivity index (χ0v) is 14.7. The van der Waals surface area contributed by atoms with Crippen LogP contribution in [0.5, 0.6) is 0 Å². The average Bonchev–Trinajstić information content (AvgIpc) is 2.51. The number of aliphatic carboxylic acids is 2. The van der Waals surface area contributed by atoms with Gasteiger partial charge in [-0.2, -0.15) is 0 Å². The summed E-state index contributed by atoms with van der Waals surface area (Å²) in [5.41, 5.74) is 0. The Hall–Kier alpha value is -1.30. The molecule has 0 aromatic carbocycles. The Labute approximate surface area is 146 Å². The van der Waals surface area contributed by atoms with E-state index in [-0.39, 0.29) is 25.9 Å². The summed E-state index contributed by atoms with van der Waals surface area (Å²) in [5, 5.41) is 52.3. The summed E-state index contributed by atoms with van der Waals surface area (Å²) in [5.74, 6) is -1.99. The van der Waals surface area contributed by atoms with Gasteiger partial charge in [-0.15, -0.1) is 0 Å². The number of likely N-dealkylation sites (N-methyl/N-ethyl adjacent to an activating group) is 3. The van der Waals surface area contributed by atoms with Crippen molar-refractivity contribution in [3.63, 3.8) is 0 Å². The molecule has 25 heavy (non-hydrogen) atoms. The summed E-state index contributed by atoms with van der Waals surface area (Å²) in [7, 11) is 4.76. The van der Waals surface area contributed by atoms with E-state index in [1.807, 2.05) is 0 Å². The molecule has 1 fully saturated rings. The van der Waals surface area contributed by atoms with Crippen LogP contribution in [0, 0.1) is 0 Å². The van der Waals surface area contributed by atoms with Crippen LogP contribution in [0.25, 0.3) is 0 Å². The van der Waals surface area contributed by atoms with Gasteiger partial charge < -0.3 is 30.8 Å². The standard InChI is InChI=1S/C15H29N3O7/c1-16-10-13(23)11(17(2)6-4-8(19)20)15(25)12(14(10)24)18(3)7-5-9(21)22/h10-16,23-25H,4-7H2,1-3H3,(H,19,20)(H,21,22). The molecule has 0 saturated heterocycles. The van der Waals surface area contributed by atoms with E-state index in [1.165, 1.54) is 0 Å². The van der Waals surface area contributed by atoms with Crippen molar-refractivity contribution in [3.8, 4) is 0 Å². The number of aliphatic hydroxyl groups is 3. The van der Waals surface area contributed by atoms with E-state index in [0.717, 1.165) is 0 Å². The number of nitrogens with zero attached hydrogens (tertiary/aromatic N) is 2. The first kappa shape index (κ1) is 21.7. The van der Waals surface area contributed by atoms with Crippen molar-refractivity contribution in [1.29, 1.82) is 0 Å². The van der Waals surface area contributed by atoms with E-state index < -0.39 is 48.4 Å².